The summed E-state index contributed by atoms with van der Waals surface area (Å²) < 4.78 is 17.1. The van der Waals surface area contributed by atoms with Crippen LogP contribution in [0.3, 0.4) is 0 Å². The van der Waals surface area contributed by atoms with E-state index in [0.717, 1.165) is 6.42 Å². The minimum atomic E-state index is -1.34. The Hall–Kier alpha value is -1.21. The number of hydrazine groups is 1. The van der Waals surface area contributed by atoms with Crippen LogP contribution in [0.1, 0.15) is 34.1 Å². The van der Waals surface area contributed by atoms with E-state index in [9.17, 15) is 9.35 Å². The molecule has 6 nitrogen and oxygen atoms in total. The molecule has 1 amide bonds. The SMILES string of the molecule is C=C/N=C(\N(C)N(CCC)C(=O)OC(C)(C)C)[S+](C)[O-]. The van der Waals surface area contributed by atoms with Crippen molar-refractivity contribution < 1.29 is 14.1 Å². The smallest absolute Gasteiger partial charge is 0.429 e. The van der Waals surface area contributed by atoms with Gasteiger partial charge in [-0.05, 0) is 27.2 Å². The summed E-state index contributed by atoms with van der Waals surface area (Å²) in [5.74, 6) is 0. The molecule has 0 aromatic rings. The highest BCUT2D eigenvalue weighted by Crippen LogP contribution is 2.13. The number of ether oxygens (including phenoxy) is 1. The number of hydrogen-bond acceptors (Lipinski definition) is 4. The lowest BCUT2D eigenvalue weighted by atomic mass is 10.2. The summed E-state index contributed by atoms with van der Waals surface area (Å²) in [6.07, 6.45) is 3.04. The molecule has 1 unspecified atom stereocenters. The van der Waals surface area contributed by atoms with E-state index in [1.165, 1.54) is 22.5 Å². The predicted octanol–water partition coefficient (Wildman–Crippen LogP) is 2.36. The molecule has 0 heterocycles. The Bertz CT molecular complexity index is 364. The van der Waals surface area contributed by atoms with Crippen LogP contribution in [-0.2, 0) is 15.9 Å². The number of amidine groups is 1. The van der Waals surface area contributed by atoms with Crippen molar-refractivity contribution in [3.63, 3.8) is 0 Å². The molecular formula is C13H25N3O3S. The van der Waals surface area contributed by atoms with Gasteiger partial charge in [0.05, 0.1) is 0 Å². The number of aliphatic imine (C=N–C) groups is 1. The number of hydrogen-bond donors (Lipinski definition) is 0. The maximum Gasteiger partial charge on any atom is 0.429 e. The lowest BCUT2D eigenvalue weighted by Crippen LogP contribution is -2.51. The van der Waals surface area contributed by atoms with Gasteiger partial charge >= 0.3 is 11.3 Å². The van der Waals surface area contributed by atoms with Gasteiger partial charge < -0.3 is 9.29 Å². The van der Waals surface area contributed by atoms with Crippen LogP contribution in [0.5, 0.6) is 0 Å². The molecule has 0 aromatic heterocycles. The lowest BCUT2D eigenvalue weighted by molar-refractivity contribution is -0.0122. The van der Waals surface area contributed by atoms with E-state index >= 15 is 0 Å². The van der Waals surface area contributed by atoms with Crippen molar-refractivity contribution >= 4 is 22.4 Å². The summed E-state index contributed by atoms with van der Waals surface area (Å²) in [6, 6.07) is 0. The van der Waals surface area contributed by atoms with E-state index in [0.29, 0.717) is 6.54 Å². The highest BCUT2D eigenvalue weighted by molar-refractivity contribution is 8.05. The number of carbonyl (C=O) groups excluding carboxylic acids is 1. The summed E-state index contributed by atoms with van der Waals surface area (Å²) in [5.41, 5.74) is -0.592. The van der Waals surface area contributed by atoms with Gasteiger partial charge in [0, 0.05) is 31.0 Å². The van der Waals surface area contributed by atoms with Crippen molar-refractivity contribution in [2.45, 2.75) is 39.7 Å². The Morgan fingerprint density at radius 1 is 1.50 bits per heavy atom. The highest BCUT2D eigenvalue weighted by Gasteiger charge is 2.29. The van der Waals surface area contributed by atoms with Crippen LogP contribution < -0.4 is 0 Å². The van der Waals surface area contributed by atoms with Crippen LogP contribution in [0.25, 0.3) is 0 Å². The van der Waals surface area contributed by atoms with Crippen LogP contribution in [0, 0.1) is 0 Å². The van der Waals surface area contributed by atoms with E-state index in [1.807, 2.05) is 6.92 Å². The molecule has 1 atom stereocenters. The second-order valence-electron chi connectivity index (χ2n) is 5.18. The van der Waals surface area contributed by atoms with Crippen molar-refractivity contribution in [2.24, 2.45) is 4.99 Å². The second kappa shape index (κ2) is 8.16. The van der Waals surface area contributed by atoms with Gasteiger partial charge in [0.15, 0.2) is 0 Å². The van der Waals surface area contributed by atoms with Crippen molar-refractivity contribution in [1.82, 2.24) is 10.0 Å². The zero-order chi connectivity index (χ0) is 15.9. The summed E-state index contributed by atoms with van der Waals surface area (Å²) in [5, 5.41) is 3.09. The standard InChI is InChI=1S/C13H25N3O3S/c1-8-10-16(12(17)19-13(3,4)5)15(6)11(14-9-2)20(7)18/h9H,2,8,10H2,1,3-7H3/b14-11+. The van der Waals surface area contributed by atoms with E-state index in [2.05, 4.69) is 11.6 Å². The Balaban J connectivity index is 5.20. The van der Waals surface area contributed by atoms with Gasteiger partial charge in [0.1, 0.15) is 11.9 Å². The zero-order valence-electron chi connectivity index (χ0n) is 13.2. The maximum absolute atomic E-state index is 12.2. The first-order valence-corrected chi connectivity index (χ1v) is 7.96. The maximum atomic E-state index is 12.2. The largest absolute Gasteiger partial charge is 0.609 e. The molecule has 0 aliphatic carbocycles. The Kier molecular flexibility index (Phi) is 7.67. The third-order valence-corrected chi connectivity index (χ3v) is 3.02. The van der Waals surface area contributed by atoms with Crippen LogP contribution in [0.4, 0.5) is 4.79 Å². The molecule has 0 rings (SSSR count). The van der Waals surface area contributed by atoms with Crippen LogP contribution in [0.2, 0.25) is 0 Å². The second-order valence-corrected chi connectivity index (χ2v) is 6.45. The molecule has 0 radical (unpaired) electrons. The van der Waals surface area contributed by atoms with Crippen molar-refractivity contribution in [3.05, 3.63) is 12.8 Å². The van der Waals surface area contributed by atoms with Crippen molar-refractivity contribution in [1.29, 1.82) is 0 Å². The topological polar surface area (TPSA) is 68.2 Å². The average Bonchev–Trinajstić information content (AvgIpc) is 2.29. The Morgan fingerprint density at radius 3 is 2.40 bits per heavy atom. The van der Waals surface area contributed by atoms with E-state index < -0.39 is 22.9 Å². The molecular weight excluding hydrogens is 278 g/mol. The first kappa shape index (κ1) is 18.8. The third kappa shape index (κ3) is 6.29. The van der Waals surface area contributed by atoms with Crippen LogP contribution in [0.15, 0.2) is 17.8 Å². The van der Waals surface area contributed by atoms with Gasteiger partial charge in [0.25, 0.3) is 0 Å². The molecule has 116 valence electrons. The Labute approximate surface area is 124 Å². The van der Waals surface area contributed by atoms with Crippen LogP contribution in [-0.4, -0.2) is 51.3 Å². The lowest BCUT2D eigenvalue weighted by Gasteiger charge is -2.33. The van der Waals surface area contributed by atoms with Gasteiger partial charge in [-0.2, -0.15) is 4.99 Å². The fraction of sp³-hybridized carbons (Fsp3) is 0.692. The quantitative estimate of drug-likeness (QED) is 0.347. The molecule has 0 aliphatic rings. The van der Waals surface area contributed by atoms with Crippen molar-refractivity contribution in [2.75, 3.05) is 19.8 Å². The first-order valence-electron chi connectivity index (χ1n) is 6.40. The van der Waals surface area contributed by atoms with Gasteiger partial charge in [-0.3, -0.25) is 0 Å². The number of rotatable bonds is 3. The highest BCUT2D eigenvalue weighted by atomic mass is 32.2. The fourth-order valence-electron chi connectivity index (χ4n) is 1.42. The molecule has 0 saturated heterocycles. The number of amides is 1. The predicted molar refractivity (Wildman–Crippen MR) is 82.7 cm³/mol. The number of carbonyl (C=O) groups is 1. The normalized spacial score (nSPS) is 13.7. The molecule has 0 fully saturated rings. The molecule has 0 aromatic carbocycles. The van der Waals surface area contributed by atoms with Gasteiger partial charge in [0.2, 0.25) is 0 Å². The fourth-order valence-corrected chi connectivity index (χ4v) is 2.11. The van der Waals surface area contributed by atoms with Crippen molar-refractivity contribution in [3.8, 4) is 0 Å². The summed E-state index contributed by atoms with van der Waals surface area (Å²) in [6.45, 7) is 11.3. The number of nitrogens with zero attached hydrogens (tertiary/aromatic N) is 3. The van der Waals surface area contributed by atoms with E-state index in [4.69, 9.17) is 4.74 Å². The first-order chi connectivity index (χ1) is 9.14. The molecule has 0 saturated carbocycles. The summed E-state index contributed by atoms with van der Waals surface area (Å²) >= 11 is -1.34. The van der Waals surface area contributed by atoms with Gasteiger partial charge in [-0.15, -0.1) is 0 Å². The Morgan fingerprint density at radius 2 is 2.05 bits per heavy atom. The molecule has 0 aliphatic heterocycles. The minimum absolute atomic E-state index is 0.249. The minimum Gasteiger partial charge on any atom is -0.609 e. The third-order valence-electron chi connectivity index (χ3n) is 2.14. The van der Waals surface area contributed by atoms with E-state index in [-0.39, 0.29) is 5.17 Å². The molecule has 20 heavy (non-hydrogen) atoms. The molecule has 7 heteroatoms. The molecule has 0 spiro atoms. The monoisotopic (exact) mass is 303 g/mol. The van der Waals surface area contributed by atoms with Gasteiger partial charge in [-0.25, -0.2) is 14.8 Å². The van der Waals surface area contributed by atoms with Crippen LogP contribution >= 0.6 is 0 Å². The molecule has 0 N–H and O–H groups in total. The zero-order valence-corrected chi connectivity index (χ0v) is 14.0. The molecule has 0 bridgehead atoms. The average molecular weight is 303 g/mol. The summed E-state index contributed by atoms with van der Waals surface area (Å²) in [7, 11) is 1.63. The summed E-state index contributed by atoms with van der Waals surface area (Å²) in [4.78, 5) is 16.2. The van der Waals surface area contributed by atoms with E-state index in [1.54, 1.807) is 27.8 Å². The van der Waals surface area contributed by atoms with Gasteiger partial charge in [-0.1, -0.05) is 13.5 Å².